The fourth-order valence-electron chi connectivity index (χ4n) is 3.96. The molecule has 2 saturated heterocycles. The Hall–Kier alpha value is -1.39. The van der Waals surface area contributed by atoms with Crippen LogP contribution in [0.2, 0.25) is 0 Å². The number of carbonyl (C=O) groups excluding carboxylic acids is 1. The summed E-state index contributed by atoms with van der Waals surface area (Å²) in [5.74, 6) is -0.515. The predicted molar refractivity (Wildman–Crippen MR) is 86.7 cm³/mol. The molecule has 2 bridgehead atoms. The second-order valence-electron chi connectivity index (χ2n) is 6.78. The summed E-state index contributed by atoms with van der Waals surface area (Å²) in [6.45, 7) is 2.32. The molecule has 0 amide bonds. The van der Waals surface area contributed by atoms with Crippen LogP contribution >= 0.6 is 0 Å². The standard InChI is InChI=1S/C18H26N2O2/c1-12-4-3-5-13(8-12)17(11-19)18(21)22-16-9-14-6-7-15(10-16)20(14)2/h3-5,8,14-17H,6-7,9-11,19H2,1-2H3. The van der Waals surface area contributed by atoms with Gasteiger partial charge in [0.2, 0.25) is 0 Å². The van der Waals surface area contributed by atoms with Gasteiger partial charge in [-0.25, -0.2) is 0 Å². The molecule has 2 aliphatic heterocycles. The van der Waals surface area contributed by atoms with Gasteiger partial charge in [-0.1, -0.05) is 29.8 Å². The highest BCUT2D eigenvalue weighted by molar-refractivity contribution is 5.78. The van der Waals surface area contributed by atoms with E-state index in [0.717, 1.165) is 24.0 Å². The monoisotopic (exact) mass is 302 g/mol. The van der Waals surface area contributed by atoms with Crippen LogP contribution in [0, 0.1) is 6.92 Å². The van der Waals surface area contributed by atoms with Gasteiger partial charge in [0.1, 0.15) is 6.10 Å². The van der Waals surface area contributed by atoms with Crippen molar-refractivity contribution in [2.75, 3.05) is 13.6 Å². The maximum atomic E-state index is 12.6. The van der Waals surface area contributed by atoms with E-state index >= 15 is 0 Å². The van der Waals surface area contributed by atoms with Crippen LogP contribution < -0.4 is 5.73 Å². The summed E-state index contributed by atoms with van der Waals surface area (Å²) in [6.07, 6.45) is 4.44. The predicted octanol–water partition coefficient (Wildman–Crippen LogP) is 2.21. The number of benzene rings is 1. The van der Waals surface area contributed by atoms with E-state index in [2.05, 4.69) is 11.9 Å². The first kappa shape index (κ1) is 15.5. The van der Waals surface area contributed by atoms with Crippen molar-refractivity contribution in [3.05, 3.63) is 35.4 Å². The molecule has 0 spiro atoms. The summed E-state index contributed by atoms with van der Waals surface area (Å²) >= 11 is 0. The third-order valence-electron chi connectivity index (χ3n) is 5.30. The number of hydrogen-bond donors (Lipinski definition) is 1. The second-order valence-corrected chi connectivity index (χ2v) is 6.78. The third kappa shape index (κ3) is 3.03. The molecule has 2 N–H and O–H groups in total. The van der Waals surface area contributed by atoms with Crippen molar-refractivity contribution >= 4 is 5.97 Å². The summed E-state index contributed by atoms with van der Waals surface area (Å²) in [4.78, 5) is 15.0. The zero-order chi connectivity index (χ0) is 15.7. The Bertz CT molecular complexity index is 532. The van der Waals surface area contributed by atoms with Gasteiger partial charge in [-0.15, -0.1) is 0 Å². The van der Waals surface area contributed by atoms with Crippen molar-refractivity contribution in [2.45, 2.75) is 56.7 Å². The molecule has 0 radical (unpaired) electrons. The zero-order valence-corrected chi connectivity index (χ0v) is 13.5. The molecule has 4 nitrogen and oxygen atoms in total. The number of rotatable bonds is 4. The van der Waals surface area contributed by atoms with Crippen LogP contribution in [0.3, 0.4) is 0 Å². The van der Waals surface area contributed by atoms with Gasteiger partial charge in [-0.3, -0.25) is 4.79 Å². The number of fused-ring (bicyclic) bond motifs is 2. The molecule has 120 valence electrons. The van der Waals surface area contributed by atoms with E-state index in [9.17, 15) is 4.79 Å². The lowest BCUT2D eigenvalue weighted by Gasteiger charge is -2.36. The summed E-state index contributed by atoms with van der Waals surface area (Å²) in [5, 5.41) is 0. The van der Waals surface area contributed by atoms with Gasteiger partial charge in [0.15, 0.2) is 0 Å². The van der Waals surface area contributed by atoms with Crippen LogP contribution in [0.4, 0.5) is 0 Å². The normalized spacial score (nSPS) is 29.3. The number of ether oxygens (including phenoxy) is 1. The minimum absolute atomic E-state index is 0.0556. The van der Waals surface area contributed by atoms with Crippen LogP contribution in [0.25, 0.3) is 0 Å². The lowest BCUT2D eigenvalue weighted by atomic mass is 9.96. The van der Waals surface area contributed by atoms with E-state index in [-0.39, 0.29) is 18.0 Å². The Morgan fingerprint density at radius 3 is 2.64 bits per heavy atom. The molecule has 3 rings (SSSR count). The Kier molecular flexibility index (Phi) is 4.50. The van der Waals surface area contributed by atoms with Gasteiger partial charge < -0.3 is 15.4 Å². The Morgan fingerprint density at radius 2 is 2.05 bits per heavy atom. The highest BCUT2D eigenvalue weighted by atomic mass is 16.5. The molecule has 0 aliphatic carbocycles. The van der Waals surface area contributed by atoms with Crippen molar-refractivity contribution in [1.82, 2.24) is 4.90 Å². The zero-order valence-electron chi connectivity index (χ0n) is 13.5. The summed E-state index contributed by atoms with van der Waals surface area (Å²) in [5.41, 5.74) is 7.94. The SMILES string of the molecule is Cc1cccc(C(CN)C(=O)OC2CC3CCC(C2)N3C)c1. The van der Waals surface area contributed by atoms with Crippen LogP contribution in [0.15, 0.2) is 24.3 Å². The van der Waals surface area contributed by atoms with E-state index in [4.69, 9.17) is 10.5 Å². The summed E-state index contributed by atoms with van der Waals surface area (Å²) in [6, 6.07) is 9.13. The smallest absolute Gasteiger partial charge is 0.314 e. The quantitative estimate of drug-likeness (QED) is 0.866. The van der Waals surface area contributed by atoms with E-state index in [1.54, 1.807) is 0 Å². The highest BCUT2D eigenvalue weighted by Gasteiger charge is 2.40. The summed E-state index contributed by atoms with van der Waals surface area (Å²) in [7, 11) is 2.19. The first-order chi connectivity index (χ1) is 10.6. The molecule has 22 heavy (non-hydrogen) atoms. The average molecular weight is 302 g/mol. The Morgan fingerprint density at radius 1 is 1.36 bits per heavy atom. The third-order valence-corrected chi connectivity index (χ3v) is 5.30. The van der Waals surface area contributed by atoms with E-state index in [1.807, 2.05) is 31.2 Å². The fourth-order valence-corrected chi connectivity index (χ4v) is 3.96. The molecular formula is C18H26N2O2. The van der Waals surface area contributed by atoms with Crippen molar-refractivity contribution in [3.63, 3.8) is 0 Å². The molecular weight excluding hydrogens is 276 g/mol. The van der Waals surface area contributed by atoms with Gasteiger partial charge in [-0.05, 0) is 45.2 Å². The highest BCUT2D eigenvalue weighted by Crippen LogP contribution is 2.36. The van der Waals surface area contributed by atoms with Crippen LogP contribution in [-0.2, 0) is 9.53 Å². The van der Waals surface area contributed by atoms with Gasteiger partial charge >= 0.3 is 5.97 Å². The Balaban J connectivity index is 1.66. The first-order valence-corrected chi connectivity index (χ1v) is 8.27. The number of hydrogen-bond acceptors (Lipinski definition) is 4. The van der Waals surface area contributed by atoms with Crippen LogP contribution in [0.1, 0.15) is 42.7 Å². The molecule has 1 aromatic rings. The minimum Gasteiger partial charge on any atom is -0.462 e. The average Bonchev–Trinajstić information content (AvgIpc) is 2.71. The minimum atomic E-state index is -0.350. The number of esters is 1. The summed E-state index contributed by atoms with van der Waals surface area (Å²) < 4.78 is 5.82. The maximum Gasteiger partial charge on any atom is 0.314 e. The van der Waals surface area contributed by atoms with Crippen molar-refractivity contribution < 1.29 is 9.53 Å². The van der Waals surface area contributed by atoms with Crippen LogP contribution in [-0.4, -0.2) is 42.6 Å². The van der Waals surface area contributed by atoms with Crippen molar-refractivity contribution in [3.8, 4) is 0 Å². The molecule has 0 saturated carbocycles. The molecule has 2 fully saturated rings. The molecule has 3 unspecified atom stereocenters. The van der Waals surface area contributed by atoms with Crippen molar-refractivity contribution in [2.24, 2.45) is 5.73 Å². The van der Waals surface area contributed by atoms with Crippen molar-refractivity contribution in [1.29, 1.82) is 0 Å². The number of nitrogens with zero attached hydrogens (tertiary/aromatic N) is 1. The molecule has 2 heterocycles. The Labute approximate surface area is 132 Å². The van der Waals surface area contributed by atoms with Gasteiger partial charge in [0.25, 0.3) is 0 Å². The largest absolute Gasteiger partial charge is 0.462 e. The molecule has 3 atom stereocenters. The molecule has 1 aromatic carbocycles. The lowest BCUT2D eigenvalue weighted by Crippen LogP contribution is -2.44. The second kappa shape index (κ2) is 6.39. The van der Waals surface area contributed by atoms with E-state index < -0.39 is 0 Å². The lowest BCUT2D eigenvalue weighted by molar-refractivity contribution is -0.154. The van der Waals surface area contributed by atoms with Gasteiger partial charge in [-0.2, -0.15) is 0 Å². The number of nitrogens with two attached hydrogens (primary N) is 1. The molecule has 4 heteroatoms. The first-order valence-electron chi connectivity index (χ1n) is 8.27. The maximum absolute atomic E-state index is 12.6. The fraction of sp³-hybridized carbons (Fsp3) is 0.611. The van der Waals surface area contributed by atoms with E-state index in [0.29, 0.717) is 18.6 Å². The van der Waals surface area contributed by atoms with Crippen LogP contribution in [0.5, 0.6) is 0 Å². The number of carbonyl (C=O) groups is 1. The number of aryl methyl sites for hydroxylation is 1. The molecule has 2 aliphatic rings. The van der Waals surface area contributed by atoms with E-state index in [1.165, 1.54) is 12.8 Å². The van der Waals surface area contributed by atoms with Gasteiger partial charge in [0, 0.05) is 18.6 Å². The number of piperidine rings is 1. The topological polar surface area (TPSA) is 55.6 Å². The van der Waals surface area contributed by atoms with Gasteiger partial charge in [0.05, 0.1) is 5.92 Å². The molecule has 0 aromatic heterocycles.